The van der Waals surface area contributed by atoms with Gasteiger partial charge >= 0.3 is 5.97 Å². The fraction of sp³-hybridized carbons (Fsp3) is 0.556. The third-order valence-electron chi connectivity index (χ3n) is 4.42. The minimum absolute atomic E-state index is 0.194. The van der Waals surface area contributed by atoms with Gasteiger partial charge in [0.2, 0.25) is 5.89 Å². The molecule has 1 unspecified atom stereocenters. The number of aromatic carboxylic acids is 1. The van der Waals surface area contributed by atoms with E-state index in [4.69, 9.17) is 4.52 Å². The van der Waals surface area contributed by atoms with Crippen LogP contribution in [0.4, 0.5) is 0 Å². The van der Waals surface area contributed by atoms with Gasteiger partial charge in [0.25, 0.3) is 0 Å². The highest BCUT2D eigenvalue weighted by Crippen LogP contribution is 2.27. The molecule has 7 nitrogen and oxygen atoms in total. The molecule has 0 bridgehead atoms. The summed E-state index contributed by atoms with van der Waals surface area (Å²) in [6.07, 6.45) is 4.48. The molecule has 0 aliphatic carbocycles. The van der Waals surface area contributed by atoms with Crippen LogP contribution in [0.3, 0.4) is 0 Å². The molecule has 0 radical (unpaired) electrons. The third-order valence-corrected chi connectivity index (χ3v) is 4.42. The molecule has 25 heavy (non-hydrogen) atoms. The molecule has 134 valence electrons. The minimum atomic E-state index is -0.938. The van der Waals surface area contributed by atoms with E-state index in [-0.39, 0.29) is 11.5 Å². The standard InChI is InChI=1S/C18H24N4O3/c1-12(2)9-16-20-17(25-21-16)13-5-4-8-22(10-13)11-15-14(18(23)24)6-3-7-19-15/h3,6-7,12-13H,4-5,8-11H2,1-2H3,(H,23,24). The van der Waals surface area contributed by atoms with Crippen molar-refractivity contribution in [3.8, 4) is 0 Å². The maximum Gasteiger partial charge on any atom is 0.337 e. The highest BCUT2D eigenvalue weighted by Gasteiger charge is 2.27. The van der Waals surface area contributed by atoms with Crippen LogP contribution in [-0.2, 0) is 13.0 Å². The first-order chi connectivity index (χ1) is 12.0. The molecule has 0 saturated carbocycles. The number of hydrogen-bond donors (Lipinski definition) is 1. The number of pyridine rings is 1. The summed E-state index contributed by atoms with van der Waals surface area (Å²) in [7, 11) is 0. The molecule has 1 saturated heterocycles. The van der Waals surface area contributed by atoms with Gasteiger partial charge < -0.3 is 9.63 Å². The summed E-state index contributed by atoms with van der Waals surface area (Å²) in [4.78, 5) is 22.4. The van der Waals surface area contributed by atoms with E-state index in [1.165, 1.54) is 0 Å². The van der Waals surface area contributed by atoms with Crippen molar-refractivity contribution in [1.82, 2.24) is 20.0 Å². The summed E-state index contributed by atoms with van der Waals surface area (Å²) in [6.45, 7) is 6.47. The summed E-state index contributed by atoms with van der Waals surface area (Å²) in [5.74, 6) is 1.21. The Balaban J connectivity index is 1.67. The Kier molecular flexibility index (Phi) is 5.43. The van der Waals surface area contributed by atoms with Gasteiger partial charge in [0.15, 0.2) is 5.82 Å². The highest BCUT2D eigenvalue weighted by molar-refractivity contribution is 5.88. The van der Waals surface area contributed by atoms with Crippen LogP contribution in [0, 0.1) is 5.92 Å². The first-order valence-electron chi connectivity index (χ1n) is 8.75. The second kappa shape index (κ2) is 7.74. The molecular weight excluding hydrogens is 320 g/mol. The zero-order chi connectivity index (χ0) is 17.8. The normalized spacial score (nSPS) is 18.6. The van der Waals surface area contributed by atoms with Gasteiger partial charge in [-0.1, -0.05) is 19.0 Å². The Bertz CT molecular complexity index is 729. The van der Waals surface area contributed by atoms with Gasteiger partial charge in [-0.05, 0) is 37.4 Å². The van der Waals surface area contributed by atoms with E-state index in [1.807, 2.05) is 0 Å². The first kappa shape index (κ1) is 17.5. The highest BCUT2D eigenvalue weighted by atomic mass is 16.5. The van der Waals surface area contributed by atoms with Crippen LogP contribution in [0.1, 0.15) is 60.4 Å². The number of likely N-dealkylation sites (tertiary alicyclic amines) is 1. The number of aromatic nitrogens is 3. The predicted molar refractivity (Wildman–Crippen MR) is 91.3 cm³/mol. The summed E-state index contributed by atoms with van der Waals surface area (Å²) >= 11 is 0. The lowest BCUT2D eigenvalue weighted by molar-refractivity contribution is 0.0693. The molecule has 0 spiro atoms. The van der Waals surface area contributed by atoms with Gasteiger partial charge in [-0.2, -0.15) is 4.98 Å². The Hall–Kier alpha value is -2.28. The van der Waals surface area contributed by atoms with E-state index in [2.05, 4.69) is 33.9 Å². The molecule has 2 aromatic heterocycles. The Morgan fingerprint density at radius 1 is 1.48 bits per heavy atom. The third kappa shape index (κ3) is 4.42. The summed E-state index contributed by atoms with van der Waals surface area (Å²) in [5, 5.41) is 13.4. The van der Waals surface area contributed by atoms with Gasteiger partial charge in [-0.3, -0.25) is 9.88 Å². The number of carbonyl (C=O) groups is 1. The summed E-state index contributed by atoms with van der Waals surface area (Å²) < 4.78 is 5.47. The largest absolute Gasteiger partial charge is 0.478 e. The molecule has 0 amide bonds. The fourth-order valence-electron chi connectivity index (χ4n) is 3.25. The van der Waals surface area contributed by atoms with Crippen molar-refractivity contribution in [3.63, 3.8) is 0 Å². The van der Waals surface area contributed by atoms with E-state index in [1.54, 1.807) is 18.3 Å². The second-order valence-electron chi connectivity index (χ2n) is 7.02. The van der Waals surface area contributed by atoms with Gasteiger partial charge in [-0.25, -0.2) is 4.79 Å². The van der Waals surface area contributed by atoms with Crippen molar-refractivity contribution in [2.75, 3.05) is 13.1 Å². The lowest BCUT2D eigenvalue weighted by Crippen LogP contribution is -2.34. The number of piperidine rings is 1. The topological polar surface area (TPSA) is 92.4 Å². The fourth-order valence-corrected chi connectivity index (χ4v) is 3.25. The maximum atomic E-state index is 11.3. The van der Waals surface area contributed by atoms with Crippen LogP contribution in [0.15, 0.2) is 22.9 Å². The van der Waals surface area contributed by atoms with Crippen molar-refractivity contribution in [2.45, 2.75) is 45.6 Å². The maximum absolute atomic E-state index is 11.3. The molecule has 3 rings (SSSR count). The first-order valence-corrected chi connectivity index (χ1v) is 8.75. The molecule has 1 aliphatic rings. The van der Waals surface area contributed by atoms with Crippen LogP contribution >= 0.6 is 0 Å². The molecule has 1 fully saturated rings. The molecule has 1 N–H and O–H groups in total. The zero-order valence-electron chi connectivity index (χ0n) is 14.7. The van der Waals surface area contributed by atoms with Crippen molar-refractivity contribution in [2.24, 2.45) is 5.92 Å². The van der Waals surface area contributed by atoms with E-state index in [0.29, 0.717) is 24.0 Å². The van der Waals surface area contributed by atoms with Crippen molar-refractivity contribution in [1.29, 1.82) is 0 Å². The van der Waals surface area contributed by atoms with Crippen LogP contribution < -0.4 is 0 Å². The second-order valence-corrected chi connectivity index (χ2v) is 7.02. The van der Waals surface area contributed by atoms with E-state index in [0.717, 1.165) is 38.2 Å². The number of hydrogen-bond acceptors (Lipinski definition) is 6. The summed E-state index contributed by atoms with van der Waals surface area (Å²) in [5.41, 5.74) is 0.864. The van der Waals surface area contributed by atoms with Crippen LogP contribution in [0.5, 0.6) is 0 Å². The lowest BCUT2D eigenvalue weighted by Gasteiger charge is -2.30. The molecule has 2 aromatic rings. The average molecular weight is 344 g/mol. The molecule has 0 aromatic carbocycles. The molecule has 7 heteroatoms. The van der Waals surface area contributed by atoms with Crippen LogP contribution in [0.2, 0.25) is 0 Å². The average Bonchev–Trinajstić information content (AvgIpc) is 3.03. The van der Waals surface area contributed by atoms with E-state index in [9.17, 15) is 9.90 Å². The van der Waals surface area contributed by atoms with E-state index >= 15 is 0 Å². The minimum Gasteiger partial charge on any atom is -0.478 e. The van der Waals surface area contributed by atoms with Crippen molar-refractivity contribution < 1.29 is 14.4 Å². The van der Waals surface area contributed by atoms with Gasteiger partial charge in [-0.15, -0.1) is 0 Å². The van der Waals surface area contributed by atoms with Gasteiger partial charge in [0.05, 0.1) is 17.2 Å². The van der Waals surface area contributed by atoms with Crippen LogP contribution in [0.25, 0.3) is 0 Å². The van der Waals surface area contributed by atoms with Gasteiger partial charge in [0.1, 0.15) is 0 Å². The summed E-state index contributed by atoms with van der Waals surface area (Å²) in [6, 6.07) is 3.25. The van der Waals surface area contributed by atoms with Gasteiger partial charge in [0, 0.05) is 25.7 Å². The SMILES string of the molecule is CC(C)Cc1noc(C2CCCN(Cc3ncccc3C(=O)O)C2)n1. The smallest absolute Gasteiger partial charge is 0.337 e. The molecule has 1 aliphatic heterocycles. The molecular formula is C18H24N4O3. The number of carboxylic acids is 1. The Morgan fingerprint density at radius 2 is 2.32 bits per heavy atom. The molecule has 1 atom stereocenters. The number of rotatable bonds is 6. The molecule has 3 heterocycles. The van der Waals surface area contributed by atoms with Crippen molar-refractivity contribution in [3.05, 3.63) is 41.3 Å². The predicted octanol–water partition coefficient (Wildman–Crippen LogP) is 2.74. The zero-order valence-corrected chi connectivity index (χ0v) is 14.7. The lowest BCUT2D eigenvalue weighted by atomic mass is 9.97. The number of carboxylic acid groups (broad SMARTS) is 1. The van der Waals surface area contributed by atoms with Crippen LogP contribution in [-0.4, -0.2) is 44.2 Å². The Morgan fingerprint density at radius 3 is 3.08 bits per heavy atom. The monoisotopic (exact) mass is 344 g/mol. The number of nitrogens with zero attached hydrogens (tertiary/aromatic N) is 4. The van der Waals surface area contributed by atoms with Crippen molar-refractivity contribution >= 4 is 5.97 Å². The quantitative estimate of drug-likeness (QED) is 0.861. The van der Waals surface area contributed by atoms with E-state index < -0.39 is 5.97 Å². The Labute approximate surface area is 147 Å².